The zero-order valence-corrected chi connectivity index (χ0v) is 18.9. The molecule has 0 heterocycles. The van der Waals surface area contributed by atoms with Crippen molar-refractivity contribution >= 4 is 29.9 Å². The Labute approximate surface area is 179 Å². The Morgan fingerprint density at radius 2 is 1.81 bits per heavy atom. The van der Waals surface area contributed by atoms with Gasteiger partial charge in [-0.1, -0.05) is 24.3 Å². The number of hydrogen-bond donors (Lipinski definition) is 2. The number of hydrogen-bond acceptors (Lipinski definition) is 3. The average molecular weight is 483 g/mol. The molecule has 0 bridgehead atoms. The van der Waals surface area contributed by atoms with Gasteiger partial charge >= 0.3 is 0 Å². The fraction of sp³-hybridized carbons (Fsp3) is 0.381. The van der Waals surface area contributed by atoms with E-state index in [2.05, 4.69) is 52.9 Å². The van der Waals surface area contributed by atoms with Crippen molar-refractivity contribution in [2.45, 2.75) is 26.8 Å². The van der Waals surface area contributed by atoms with Gasteiger partial charge in [-0.2, -0.15) is 0 Å². The van der Waals surface area contributed by atoms with E-state index >= 15 is 0 Å². The summed E-state index contributed by atoms with van der Waals surface area (Å²) in [4.78, 5) is 4.29. The second-order valence-electron chi connectivity index (χ2n) is 5.99. The number of guanidine groups is 1. The SMILES string of the molecule is CCOc1cc(C)ccc1CNC(=NC)NCCc1ccc(OC)cc1.I. The molecule has 0 aromatic heterocycles. The minimum absolute atomic E-state index is 0. The second kappa shape index (κ2) is 12.4. The molecule has 0 aliphatic carbocycles. The molecular formula is C21H30IN3O2. The van der Waals surface area contributed by atoms with Crippen LogP contribution in [0.4, 0.5) is 0 Å². The fourth-order valence-electron chi connectivity index (χ4n) is 2.61. The summed E-state index contributed by atoms with van der Waals surface area (Å²) in [6, 6.07) is 14.4. The molecule has 5 nitrogen and oxygen atoms in total. The molecule has 2 N–H and O–H groups in total. The van der Waals surface area contributed by atoms with Crippen LogP contribution in [0.1, 0.15) is 23.6 Å². The van der Waals surface area contributed by atoms with Crippen molar-refractivity contribution in [1.29, 1.82) is 0 Å². The van der Waals surface area contributed by atoms with Crippen LogP contribution in [0.3, 0.4) is 0 Å². The lowest BCUT2D eigenvalue weighted by atomic mass is 10.1. The summed E-state index contributed by atoms with van der Waals surface area (Å²) in [7, 11) is 3.46. The summed E-state index contributed by atoms with van der Waals surface area (Å²) in [5.74, 6) is 2.58. The predicted molar refractivity (Wildman–Crippen MR) is 123 cm³/mol. The van der Waals surface area contributed by atoms with Gasteiger partial charge in [-0.3, -0.25) is 4.99 Å². The Balaban J connectivity index is 0.00000364. The molecule has 0 aliphatic heterocycles. The van der Waals surface area contributed by atoms with Gasteiger partial charge < -0.3 is 20.1 Å². The van der Waals surface area contributed by atoms with Gasteiger partial charge in [0, 0.05) is 25.7 Å². The number of aryl methyl sites for hydroxylation is 1. The lowest BCUT2D eigenvalue weighted by Crippen LogP contribution is -2.37. The number of ether oxygens (including phenoxy) is 2. The van der Waals surface area contributed by atoms with E-state index in [1.54, 1.807) is 14.2 Å². The maximum Gasteiger partial charge on any atom is 0.191 e. The van der Waals surface area contributed by atoms with Crippen molar-refractivity contribution < 1.29 is 9.47 Å². The third-order valence-corrected chi connectivity index (χ3v) is 4.06. The van der Waals surface area contributed by atoms with E-state index in [0.29, 0.717) is 13.2 Å². The van der Waals surface area contributed by atoms with Gasteiger partial charge in [0.1, 0.15) is 11.5 Å². The molecule has 0 atom stereocenters. The Morgan fingerprint density at radius 1 is 1.07 bits per heavy atom. The molecule has 0 fully saturated rings. The van der Waals surface area contributed by atoms with Crippen molar-refractivity contribution in [3.8, 4) is 11.5 Å². The molecule has 0 amide bonds. The molecule has 6 heteroatoms. The highest BCUT2D eigenvalue weighted by Gasteiger charge is 2.05. The molecular weight excluding hydrogens is 453 g/mol. The first-order valence-corrected chi connectivity index (χ1v) is 8.96. The molecule has 0 radical (unpaired) electrons. The monoisotopic (exact) mass is 483 g/mol. The molecule has 27 heavy (non-hydrogen) atoms. The Morgan fingerprint density at radius 3 is 2.44 bits per heavy atom. The number of nitrogens with zero attached hydrogens (tertiary/aromatic N) is 1. The zero-order valence-electron chi connectivity index (χ0n) is 16.5. The number of benzene rings is 2. The van der Waals surface area contributed by atoms with Crippen LogP contribution in [-0.2, 0) is 13.0 Å². The van der Waals surface area contributed by atoms with Gasteiger partial charge in [0.05, 0.1) is 13.7 Å². The highest BCUT2D eigenvalue weighted by molar-refractivity contribution is 14.0. The lowest BCUT2D eigenvalue weighted by Gasteiger charge is -2.15. The average Bonchev–Trinajstić information content (AvgIpc) is 2.66. The van der Waals surface area contributed by atoms with Crippen molar-refractivity contribution in [3.05, 3.63) is 59.2 Å². The molecule has 2 rings (SSSR count). The van der Waals surface area contributed by atoms with Crippen molar-refractivity contribution in [1.82, 2.24) is 10.6 Å². The largest absolute Gasteiger partial charge is 0.497 e. The van der Waals surface area contributed by atoms with E-state index in [4.69, 9.17) is 9.47 Å². The third-order valence-electron chi connectivity index (χ3n) is 4.06. The Hall–Kier alpha value is -1.96. The Bertz CT molecular complexity index is 718. The van der Waals surface area contributed by atoms with Crippen LogP contribution in [0.5, 0.6) is 11.5 Å². The lowest BCUT2D eigenvalue weighted by molar-refractivity contribution is 0.336. The van der Waals surface area contributed by atoms with E-state index < -0.39 is 0 Å². The van der Waals surface area contributed by atoms with Crippen LogP contribution < -0.4 is 20.1 Å². The number of halogens is 1. The van der Waals surface area contributed by atoms with Gasteiger partial charge in [0.2, 0.25) is 0 Å². The summed E-state index contributed by atoms with van der Waals surface area (Å²) >= 11 is 0. The number of rotatable bonds is 8. The van der Waals surface area contributed by atoms with E-state index in [1.807, 2.05) is 19.1 Å². The summed E-state index contributed by atoms with van der Waals surface area (Å²) in [5, 5.41) is 6.69. The molecule has 2 aromatic rings. The van der Waals surface area contributed by atoms with Crippen molar-refractivity contribution in [2.24, 2.45) is 4.99 Å². The minimum Gasteiger partial charge on any atom is -0.497 e. The van der Waals surface area contributed by atoms with Crippen LogP contribution in [0.2, 0.25) is 0 Å². The topological polar surface area (TPSA) is 54.9 Å². The molecule has 0 saturated carbocycles. The van der Waals surface area contributed by atoms with Gasteiger partial charge in [-0.25, -0.2) is 0 Å². The summed E-state index contributed by atoms with van der Waals surface area (Å²) < 4.78 is 10.9. The molecule has 0 saturated heterocycles. The van der Waals surface area contributed by atoms with E-state index in [0.717, 1.165) is 36.0 Å². The van der Waals surface area contributed by atoms with E-state index in [-0.39, 0.29) is 24.0 Å². The van der Waals surface area contributed by atoms with E-state index in [1.165, 1.54) is 11.1 Å². The number of aliphatic imine (C=N–C) groups is 1. The summed E-state index contributed by atoms with van der Waals surface area (Å²) in [6.45, 7) is 6.19. The van der Waals surface area contributed by atoms with Crippen LogP contribution in [0.15, 0.2) is 47.5 Å². The summed E-state index contributed by atoms with van der Waals surface area (Å²) in [6.07, 6.45) is 0.916. The van der Waals surface area contributed by atoms with Gasteiger partial charge in [0.25, 0.3) is 0 Å². The first-order chi connectivity index (χ1) is 12.7. The van der Waals surface area contributed by atoms with Gasteiger partial charge in [-0.15, -0.1) is 24.0 Å². The maximum atomic E-state index is 5.73. The van der Waals surface area contributed by atoms with Gasteiger partial charge in [-0.05, 0) is 49.6 Å². The Kier molecular flexibility index (Phi) is 10.6. The minimum atomic E-state index is 0. The third kappa shape index (κ3) is 7.66. The number of methoxy groups -OCH3 is 1. The first kappa shape index (κ1) is 23.1. The van der Waals surface area contributed by atoms with E-state index in [9.17, 15) is 0 Å². The quantitative estimate of drug-likeness (QED) is 0.340. The molecule has 2 aromatic carbocycles. The highest BCUT2D eigenvalue weighted by Crippen LogP contribution is 2.20. The predicted octanol–water partition coefficient (Wildman–Crippen LogP) is 3.93. The standard InChI is InChI=1S/C21H29N3O2.HI/c1-5-26-20-14-16(2)6-9-18(20)15-24-21(22-3)23-13-12-17-7-10-19(25-4)11-8-17;/h6-11,14H,5,12-13,15H2,1-4H3,(H2,22,23,24);1H. The van der Waals surface area contributed by atoms with Crippen LogP contribution in [0.25, 0.3) is 0 Å². The van der Waals surface area contributed by atoms with Crippen molar-refractivity contribution in [2.75, 3.05) is 27.3 Å². The van der Waals surface area contributed by atoms with Gasteiger partial charge in [0.15, 0.2) is 5.96 Å². The molecule has 0 aliphatic rings. The maximum absolute atomic E-state index is 5.73. The highest BCUT2D eigenvalue weighted by atomic mass is 127. The van der Waals surface area contributed by atoms with Crippen LogP contribution in [0, 0.1) is 6.92 Å². The smallest absolute Gasteiger partial charge is 0.191 e. The van der Waals surface area contributed by atoms with Crippen LogP contribution in [-0.4, -0.2) is 33.3 Å². The number of nitrogens with one attached hydrogen (secondary N) is 2. The molecule has 0 spiro atoms. The zero-order chi connectivity index (χ0) is 18.8. The fourth-order valence-corrected chi connectivity index (χ4v) is 2.61. The molecule has 148 valence electrons. The van der Waals surface area contributed by atoms with Crippen molar-refractivity contribution in [3.63, 3.8) is 0 Å². The van der Waals surface area contributed by atoms with Crippen LogP contribution >= 0.6 is 24.0 Å². The molecule has 0 unspecified atom stereocenters. The second-order valence-corrected chi connectivity index (χ2v) is 5.99. The summed E-state index contributed by atoms with van der Waals surface area (Å²) in [5.41, 5.74) is 3.57. The normalized spacial score (nSPS) is 10.7. The first-order valence-electron chi connectivity index (χ1n) is 8.96.